The molecule has 3 nitrogen and oxygen atoms in total. The van der Waals surface area contributed by atoms with Gasteiger partial charge in [0.05, 0.1) is 0 Å². The van der Waals surface area contributed by atoms with Crippen molar-refractivity contribution in [1.29, 1.82) is 0 Å². The third kappa shape index (κ3) is 1.37. The van der Waals surface area contributed by atoms with Crippen LogP contribution in [0.15, 0.2) is 12.3 Å². The molecule has 1 rings (SSSR count). The molecule has 1 unspecified atom stereocenters. The molecule has 1 fully saturated rings. The Morgan fingerprint density at radius 1 is 1.55 bits per heavy atom. The average molecular weight is 156 g/mol. The third-order valence-electron chi connectivity index (χ3n) is 1.68. The topological polar surface area (TPSA) is 35.5 Å². The van der Waals surface area contributed by atoms with Gasteiger partial charge >= 0.3 is 5.97 Å². The van der Waals surface area contributed by atoms with Crippen molar-refractivity contribution in [2.75, 3.05) is 0 Å². The molecule has 1 aliphatic heterocycles. The van der Waals surface area contributed by atoms with Crippen molar-refractivity contribution in [2.45, 2.75) is 32.5 Å². The van der Waals surface area contributed by atoms with Crippen molar-refractivity contribution < 1.29 is 14.3 Å². The first kappa shape index (κ1) is 8.11. The Bertz CT molecular complexity index is 205. The van der Waals surface area contributed by atoms with Gasteiger partial charge in [-0.05, 0) is 20.8 Å². The normalized spacial score (nSPS) is 29.2. The molecule has 0 saturated carbocycles. The molecule has 3 heteroatoms. The van der Waals surface area contributed by atoms with Gasteiger partial charge in [-0.1, -0.05) is 6.58 Å². The van der Waals surface area contributed by atoms with Gasteiger partial charge in [0.15, 0.2) is 11.7 Å². The molecule has 11 heavy (non-hydrogen) atoms. The van der Waals surface area contributed by atoms with Crippen molar-refractivity contribution in [1.82, 2.24) is 0 Å². The van der Waals surface area contributed by atoms with E-state index in [0.717, 1.165) is 0 Å². The van der Waals surface area contributed by atoms with Crippen LogP contribution < -0.4 is 0 Å². The second-order valence-corrected chi connectivity index (χ2v) is 3.11. The summed E-state index contributed by atoms with van der Waals surface area (Å²) in [5.74, 6) is 0.173. The zero-order chi connectivity index (χ0) is 8.65. The predicted molar refractivity (Wildman–Crippen MR) is 39.9 cm³/mol. The summed E-state index contributed by atoms with van der Waals surface area (Å²) >= 11 is 0. The van der Waals surface area contributed by atoms with E-state index in [1.54, 1.807) is 20.8 Å². The fourth-order valence-electron chi connectivity index (χ4n) is 0.795. The van der Waals surface area contributed by atoms with Gasteiger partial charge in [0.1, 0.15) is 5.76 Å². The molecule has 0 radical (unpaired) electrons. The SMILES string of the molecule is C=C1OC(C)C(=O)OC1(C)C. The van der Waals surface area contributed by atoms with Crippen LogP contribution in [-0.4, -0.2) is 17.7 Å². The zero-order valence-corrected chi connectivity index (χ0v) is 7.01. The molecule has 62 valence electrons. The highest BCUT2D eigenvalue weighted by Gasteiger charge is 2.37. The number of ether oxygens (including phenoxy) is 2. The third-order valence-corrected chi connectivity index (χ3v) is 1.68. The maximum atomic E-state index is 11.0. The first-order valence-corrected chi connectivity index (χ1v) is 3.52. The summed E-state index contributed by atoms with van der Waals surface area (Å²) in [7, 11) is 0. The van der Waals surface area contributed by atoms with Gasteiger partial charge in [-0.15, -0.1) is 0 Å². The van der Waals surface area contributed by atoms with Gasteiger partial charge in [0.2, 0.25) is 0 Å². The van der Waals surface area contributed by atoms with Gasteiger partial charge in [-0.3, -0.25) is 0 Å². The van der Waals surface area contributed by atoms with E-state index in [-0.39, 0.29) is 5.97 Å². The van der Waals surface area contributed by atoms with Crippen molar-refractivity contribution >= 4 is 5.97 Å². The van der Waals surface area contributed by atoms with Crippen LogP contribution in [0, 0.1) is 0 Å². The molecule has 0 aliphatic carbocycles. The first-order valence-electron chi connectivity index (χ1n) is 3.52. The Kier molecular flexibility index (Phi) is 1.66. The standard InChI is InChI=1S/C8H12O3/c1-5-7(9)11-8(3,4)6(2)10-5/h5H,2H2,1,3-4H3. The highest BCUT2D eigenvalue weighted by Crippen LogP contribution is 2.27. The van der Waals surface area contributed by atoms with Gasteiger partial charge in [-0.2, -0.15) is 0 Å². The van der Waals surface area contributed by atoms with Crippen molar-refractivity contribution in [3.63, 3.8) is 0 Å². The Labute approximate surface area is 66.0 Å². The first-order chi connectivity index (χ1) is 4.93. The summed E-state index contributed by atoms with van der Waals surface area (Å²) < 4.78 is 10.2. The lowest BCUT2D eigenvalue weighted by Gasteiger charge is -2.34. The van der Waals surface area contributed by atoms with Gasteiger partial charge in [0, 0.05) is 0 Å². The largest absolute Gasteiger partial charge is 0.480 e. The number of esters is 1. The molecule has 0 amide bonds. The molecule has 0 N–H and O–H groups in total. The Morgan fingerprint density at radius 3 is 2.55 bits per heavy atom. The second kappa shape index (κ2) is 2.26. The van der Waals surface area contributed by atoms with E-state index in [1.165, 1.54) is 0 Å². The van der Waals surface area contributed by atoms with Crippen LogP contribution in [0.1, 0.15) is 20.8 Å². The summed E-state index contributed by atoms with van der Waals surface area (Å²) in [6.07, 6.45) is -0.518. The van der Waals surface area contributed by atoms with E-state index in [4.69, 9.17) is 9.47 Å². The van der Waals surface area contributed by atoms with E-state index in [9.17, 15) is 4.79 Å². The second-order valence-electron chi connectivity index (χ2n) is 3.11. The lowest BCUT2D eigenvalue weighted by atomic mass is 10.1. The lowest BCUT2D eigenvalue weighted by Crippen LogP contribution is -2.42. The van der Waals surface area contributed by atoms with Crippen LogP contribution in [0.2, 0.25) is 0 Å². The maximum Gasteiger partial charge on any atom is 0.347 e. The average Bonchev–Trinajstić information content (AvgIpc) is 1.83. The van der Waals surface area contributed by atoms with Crippen LogP contribution in [0.5, 0.6) is 0 Å². The molecule has 1 heterocycles. The van der Waals surface area contributed by atoms with E-state index >= 15 is 0 Å². The van der Waals surface area contributed by atoms with Crippen molar-refractivity contribution in [3.8, 4) is 0 Å². The van der Waals surface area contributed by atoms with Gasteiger partial charge in [0.25, 0.3) is 0 Å². The molecular formula is C8H12O3. The Morgan fingerprint density at radius 2 is 2.09 bits per heavy atom. The van der Waals surface area contributed by atoms with Crippen LogP contribution >= 0.6 is 0 Å². The molecule has 0 aromatic rings. The quantitative estimate of drug-likeness (QED) is 0.495. The summed E-state index contributed by atoms with van der Waals surface area (Å²) in [6.45, 7) is 8.79. The molecule has 0 bridgehead atoms. The Balaban J connectivity index is 2.79. The molecule has 0 spiro atoms. The highest BCUT2D eigenvalue weighted by atomic mass is 16.6. The lowest BCUT2D eigenvalue weighted by molar-refractivity contribution is -0.181. The fraction of sp³-hybridized carbons (Fsp3) is 0.625. The predicted octanol–water partition coefficient (Wildman–Crippen LogP) is 1.24. The summed E-state index contributed by atoms with van der Waals surface area (Å²) in [6, 6.07) is 0. The minimum absolute atomic E-state index is 0.331. The van der Waals surface area contributed by atoms with E-state index < -0.39 is 11.7 Å². The van der Waals surface area contributed by atoms with Gasteiger partial charge < -0.3 is 9.47 Å². The number of hydrogen-bond acceptors (Lipinski definition) is 3. The van der Waals surface area contributed by atoms with E-state index in [0.29, 0.717) is 5.76 Å². The van der Waals surface area contributed by atoms with Crippen molar-refractivity contribution in [2.24, 2.45) is 0 Å². The molecule has 1 aliphatic rings. The molecule has 1 saturated heterocycles. The Hall–Kier alpha value is -0.990. The number of cyclic esters (lactones) is 1. The van der Waals surface area contributed by atoms with Crippen LogP contribution in [-0.2, 0) is 14.3 Å². The summed E-state index contributed by atoms with van der Waals surface area (Å²) in [4.78, 5) is 11.0. The number of carbonyl (C=O) groups is 1. The fourth-order valence-corrected chi connectivity index (χ4v) is 0.795. The molecule has 1 atom stereocenters. The van der Waals surface area contributed by atoms with Gasteiger partial charge in [-0.25, -0.2) is 4.79 Å². The molecular weight excluding hydrogens is 144 g/mol. The van der Waals surface area contributed by atoms with E-state index in [2.05, 4.69) is 6.58 Å². The van der Waals surface area contributed by atoms with Crippen LogP contribution in [0.25, 0.3) is 0 Å². The van der Waals surface area contributed by atoms with Crippen molar-refractivity contribution in [3.05, 3.63) is 12.3 Å². The number of rotatable bonds is 0. The highest BCUT2D eigenvalue weighted by molar-refractivity contribution is 5.76. The minimum atomic E-state index is -0.677. The van der Waals surface area contributed by atoms with E-state index in [1.807, 2.05) is 0 Å². The molecule has 0 aromatic heterocycles. The van der Waals surface area contributed by atoms with Crippen LogP contribution in [0.4, 0.5) is 0 Å². The maximum absolute atomic E-state index is 11.0. The smallest absolute Gasteiger partial charge is 0.347 e. The minimum Gasteiger partial charge on any atom is -0.480 e. The molecule has 0 aromatic carbocycles. The number of hydrogen-bond donors (Lipinski definition) is 0. The van der Waals surface area contributed by atoms with Crippen LogP contribution in [0.3, 0.4) is 0 Å². The number of carbonyl (C=O) groups excluding carboxylic acids is 1. The summed E-state index contributed by atoms with van der Waals surface area (Å²) in [5, 5.41) is 0. The summed E-state index contributed by atoms with van der Waals surface area (Å²) in [5.41, 5.74) is -0.677. The zero-order valence-electron chi connectivity index (χ0n) is 7.01. The monoisotopic (exact) mass is 156 g/mol.